The standard InChI is InChI=1S/C10H8BrClFNO/c11-6-3-10(15)14(5-6)7-1-2-8(12)9(13)4-7/h1-2,4,6H,3,5H2. The van der Waals surface area contributed by atoms with Crippen LogP contribution < -0.4 is 4.90 Å². The molecule has 1 heterocycles. The Labute approximate surface area is 100 Å². The number of nitrogens with zero attached hydrogens (tertiary/aromatic N) is 1. The molecule has 1 fully saturated rings. The minimum atomic E-state index is -0.500. The molecule has 0 radical (unpaired) electrons. The van der Waals surface area contributed by atoms with Gasteiger partial charge < -0.3 is 4.90 Å². The van der Waals surface area contributed by atoms with Gasteiger partial charge in [-0.05, 0) is 18.2 Å². The van der Waals surface area contributed by atoms with Gasteiger partial charge in [-0.1, -0.05) is 27.5 Å². The molecule has 1 atom stereocenters. The van der Waals surface area contributed by atoms with E-state index in [-0.39, 0.29) is 15.8 Å². The van der Waals surface area contributed by atoms with Crippen molar-refractivity contribution in [3.05, 3.63) is 29.0 Å². The van der Waals surface area contributed by atoms with Crippen LogP contribution in [-0.4, -0.2) is 17.3 Å². The van der Waals surface area contributed by atoms with Gasteiger partial charge in [-0.25, -0.2) is 4.39 Å². The van der Waals surface area contributed by atoms with E-state index in [0.29, 0.717) is 18.7 Å². The van der Waals surface area contributed by atoms with E-state index in [1.54, 1.807) is 11.0 Å². The van der Waals surface area contributed by atoms with Crippen LogP contribution in [0.3, 0.4) is 0 Å². The van der Waals surface area contributed by atoms with Gasteiger partial charge in [0, 0.05) is 23.5 Å². The molecule has 1 unspecified atom stereocenters. The van der Waals surface area contributed by atoms with Crippen LogP contribution in [-0.2, 0) is 4.79 Å². The highest BCUT2D eigenvalue weighted by atomic mass is 79.9. The quantitative estimate of drug-likeness (QED) is 0.729. The van der Waals surface area contributed by atoms with Crippen LogP contribution >= 0.6 is 27.5 Å². The van der Waals surface area contributed by atoms with Crippen LogP contribution in [0.1, 0.15) is 6.42 Å². The van der Waals surface area contributed by atoms with Crippen molar-refractivity contribution in [3.63, 3.8) is 0 Å². The molecule has 1 aliphatic rings. The molecule has 0 aliphatic carbocycles. The number of hydrogen-bond acceptors (Lipinski definition) is 1. The second-order valence-electron chi connectivity index (χ2n) is 3.40. The van der Waals surface area contributed by atoms with E-state index in [2.05, 4.69) is 15.9 Å². The van der Waals surface area contributed by atoms with E-state index in [1.165, 1.54) is 12.1 Å². The second-order valence-corrected chi connectivity index (χ2v) is 5.11. The number of halogens is 3. The monoisotopic (exact) mass is 291 g/mol. The van der Waals surface area contributed by atoms with Gasteiger partial charge in [0.1, 0.15) is 5.82 Å². The summed E-state index contributed by atoms with van der Waals surface area (Å²) in [5, 5.41) is 0.0702. The van der Waals surface area contributed by atoms with Gasteiger partial charge >= 0.3 is 0 Å². The highest BCUT2D eigenvalue weighted by molar-refractivity contribution is 9.09. The molecule has 0 aromatic heterocycles. The highest BCUT2D eigenvalue weighted by Crippen LogP contribution is 2.27. The zero-order valence-electron chi connectivity index (χ0n) is 7.71. The fourth-order valence-corrected chi connectivity index (χ4v) is 2.25. The summed E-state index contributed by atoms with van der Waals surface area (Å²) in [4.78, 5) is 13.2. The number of benzene rings is 1. The zero-order chi connectivity index (χ0) is 11.0. The lowest BCUT2D eigenvalue weighted by molar-refractivity contribution is -0.117. The van der Waals surface area contributed by atoms with Crippen molar-refractivity contribution in [2.45, 2.75) is 11.2 Å². The molecule has 1 amide bonds. The maximum atomic E-state index is 13.2. The first-order chi connectivity index (χ1) is 7.08. The molecular formula is C10H8BrClFNO. The first-order valence-electron chi connectivity index (χ1n) is 4.47. The molecule has 2 nitrogen and oxygen atoms in total. The van der Waals surface area contributed by atoms with Crippen molar-refractivity contribution in [2.24, 2.45) is 0 Å². The Bertz CT molecular complexity index is 412. The van der Waals surface area contributed by atoms with Crippen molar-refractivity contribution in [1.82, 2.24) is 0 Å². The van der Waals surface area contributed by atoms with Gasteiger partial charge in [-0.2, -0.15) is 0 Å². The van der Waals surface area contributed by atoms with Crippen LogP contribution in [0.15, 0.2) is 18.2 Å². The Morgan fingerprint density at radius 1 is 1.53 bits per heavy atom. The van der Waals surface area contributed by atoms with Gasteiger partial charge in [0.05, 0.1) is 5.02 Å². The lowest BCUT2D eigenvalue weighted by atomic mass is 10.3. The molecule has 5 heteroatoms. The summed E-state index contributed by atoms with van der Waals surface area (Å²) in [6.45, 7) is 0.569. The highest BCUT2D eigenvalue weighted by Gasteiger charge is 2.28. The summed E-state index contributed by atoms with van der Waals surface area (Å²) >= 11 is 8.93. The molecule has 0 N–H and O–H groups in total. The predicted octanol–water partition coefficient (Wildman–Crippen LogP) is 2.98. The number of carbonyl (C=O) groups excluding carboxylic acids is 1. The lowest BCUT2D eigenvalue weighted by Gasteiger charge is -2.15. The third kappa shape index (κ3) is 2.16. The first-order valence-corrected chi connectivity index (χ1v) is 5.77. The smallest absolute Gasteiger partial charge is 0.228 e. The molecule has 80 valence electrons. The Kier molecular flexibility index (Phi) is 2.98. The van der Waals surface area contributed by atoms with E-state index < -0.39 is 5.82 Å². The molecule has 15 heavy (non-hydrogen) atoms. The normalized spacial score (nSPS) is 21.1. The maximum absolute atomic E-state index is 13.2. The zero-order valence-corrected chi connectivity index (χ0v) is 10.1. The number of amides is 1. The predicted molar refractivity (Wildman–Crippen MR) is 61.1 cm³/mol. The van der Waals surface area contributed by atoms with Gasteiger partial charge in [0.2, 0.25) is 5.91 Å². The third-order valence-corrected chi connectivity index (χ3v) is 3.21. The summed E-state index contributed by atoms with van der Waals surface area (Å²) in [6, 6.07) is 4.39. The molecule has 0 bridgehead atoms. The van der Waals surface area contributed by atoms with E-state index in [9.17, 15) is 9.18 Å². The fraction of sp³-hybridized carbons (Fsp3) is 0.300. The maximum Gasteiger partial charge on any atom is 0.228 e. The van der Waals surface area contributed by atoms with Crippen LogP contribution in [0.5, 0.6) is 0 Å². The summed E-state index contributed by atoms with van der Waals surface area (Å²) in [5.41, 5.74) is 0.559. The summed E-state index contributed by atoms with van der Waals surface area (Å²) in [6.07, 6.45) is 0.449. The Hall–Kier alpha value is -0.610. The molecule has 1 aromatic carbocycles. The van der Waals surface area contributed by atoms with Crippen molar-refractivity contribution >= 4 is 39.1 Å². The Morgan fingerprint density at radius 2 is 2.27 bits per heavy atom. The number of hydrogen-bond donors (Lipinski definition) is 0. The minimum absolute atomic E-state index is 0.00130. The number of anilines is 1. The Balaban J connectivity index is 2.30. The van der Waals surface area contributed by atoms with E-state index >= 15 is 0 Å². The van der Waals surface area contributed by atoms with Crippen LogP contribution in [0.2, 0.25) is 5.02 Å². The molecule has 1 saturated heterocycles. The van der Waals surface area contributed by atoms with Gasteiger partial charge in [-0.3, -0.25) is 4.79 Å². The third-order valence-electron chi connectivity index (χ3n) is 2.29. The molecule has 1 aromatic rings. The number of alkyl halides is 1. The second kappa shape index (κ2) is 4.10. The molecule has 0 saturated carbocycles. The average Bonchev–Trinajstić information content (AvgIpc) is 2.50. The van der Waals surface area contributed by atoms with Crippen LogP contribution in [0.25, 0.3) is 0 Å². The van der Waals surface area contributed by atoms with E-state index in [4.69, 9.17) is 11.6 Å². The topological polar surface area (TPSA) is 20.3 Å². The van der Waals surface area contributed by atoms with E-state index in [1.807, 2.05) is 0 Å². The summed E-state index contributed by atoms with van der Waals surface area (Å²) in [7, 11) is 0. The van der Waals surface area contributed by atoms with Gasteiger partial charge in [0.25, 0.3) is 0 Å². The average molecular weight is 293 g/mol. The van der Waals surface area contributed by atoms with Crippen molar-refractivity contribution < 1.29 is 9.18 Å². The largest absolute Gasteiger partial charge is 0.311 e. The van der Waals surface area contributed by atoms with Crippen molar-refractivity contribution in [1.29, 1.82) is 0 Å². The van der Waals surface area contributed by atoms with Gasteiger partial charge in [0.15, 0.2) is 0 Å². The summed E-state index contributed by atoms with van der Waals surface area (Å²) in [5.74, 6) is -0.501. The molecule has 2 rings (SSSR count). The number of carbonyl (C=O) groups is 1. The van der Waals surface area contributed by atoms with Crippen molar-refractivity contribution in [2.75, 3.05) is 11.4 Å². The van der Waals surface area contributed by atoms with Crippen LogP contribution in [0.4, 0.5) is 10.1 Å². The molecular weight excluding hydrogens is 284 g/mol. The number of rotatable bonds is 1. The fourth-order valence-electron chi connectivity index (χ4n) is 1.57. The molecule has 1 aliphatic heterocycles. The SMILES string of the molecule is O=C1CC(Br)CN1c1ccc(Cl)c(F)c1. The molecule has 0 spiro atoms. The lowest BCUT2D eigenvalue weighted by Crippen LogP contribution is -2.24. The summed E-state index contributed by atoms with van der Waals surface area (Å²) < 4.78 is 13.2. The Morgan fingerprint density at radius 3 is 2.80 bits per heavy atom. The minimum Gasteiger partial charge on any atom is -0.311 e. The van der Waals surface area contributed by atoms with Gasteiger partial charge in [-0.15, -0.1) is 0 Å². The van der Waals surface area contributed by atoms with Crippen molar-refractivity contribution in [3.8, 4) is 0 Å². The first kappa shape index (κ1) is 10.9. The van der Waals surface area contributed by atoms with Crippen LogP contribution in [0, 0.1) is 5.82 Å². The van der Waals surface area contributed by atoms with E-state index in [0.717, 1.165) is 0 Å².